The van der Waals surface area contributed by atoms with E-state index in [-0.39, 0.29) is 0 Å². The quantitative estimate of drug-likeness (QED) is 0.931. The van der Waals surface area contributed by atoms with Gasteiger partial charge in [-0.05, 0) is 24.6 Å². The third kappa shape index (κ3) is 2.77. The first-order valence-corrected chi connectivity index (χ1v) is 5.93. The van der Waals surface area contributed by atoms with Gasteiger partial charge in [-0.3, -0.25) is 0 Å². The minimum absolute atomic E-state index is 0.670. The van der Waals surface area contributed by atoms with Crippen molar-refractivity contribution in [1.82, 2.24) is 5.16 Å². The van der Waals surface area contributed by atoms with Gasteiger partial charge in [0, 0.05) is 22.1 Å². The lowest BCUT2D eigenvalue weighted by molar-refractivity contribution is 0.399. The maximum atomic E-state index is 5.86. The summed E-state index contributed by atoms with van der Waals surface area (Å²) < 4.78 is 5.94. The van der Waals surface area contributed by atoms with Gasteiger partial charge in [0.25, 0.3) is 0 Å². The average Bonchev–Trinajstić information content (AvgIpc) is 2.63. The molecule has 0 aliphatic heterocycles. The molecule has 5 heteroatoms. The zero-order chi connectivity index (χ0) is 11.5. The highest BCUT2D eigenvalue weighted by Gasteiger charge is 2.03. The van der Waals surface area contributed by atoms with E-state index in [0.29, 0.717) is 11.6 Å². The molecule has 0 radical (unpaired) electrons. The Balaban J connectivity index is 2.04. The van der Waals surface area contributed by atoms with Crippen LogP contribution >= 0.6 is 27.5 Å². The molecular weight excluding hydrogens is 291 g/mol. The Labute approximate surface area is 107 Å². The summed E-state index contributed by atoms with van der Waals surface area (Å²) in [7, 11) is 0. The van der Waals surface area contributed by atoms with Gasteiger partial charge in [-0.2, -0.15) is 0 Å². The van der Waals surface area contributed by atoms with Crippen LogP contribution in [0.3, 0.4) is 0 Å². The van der Waals surface area contributed by atoms with Crippen molar-refractivity contribution >= 4 is 33.3 Å². The molecule has 0 spiro atoms. The first kappa shape index (κ1) is 11.5. The predicted molar refractivity (Wildman–Crippen MR) is 67.7 cm³/mol. The summed E-state index contributed by atoms with van der Waals surface area (Å²) in [6, 6.07) is 7.54. The van der Waals surface area contributed by atoms with E-state index in [2.05, 4.69) is 26.4 Å². The molecular formula is C11H10BrClN2O. The number of aromatic nitrogens is 1. The monoisotopic (exact) mass is 300 g/mol. The Kier molecular flexibility index (Phi) is 3.51. The van der Waals surface area contributed by atoms with Crippen LogP contribution in [0, 0.1) is 6.92 Å². The minimum Gasteiger partial charge on any atom is -0.363 e. The number of rotatable bonds is 3. The van der Waals surface area contributed by atoms with Crippen LogP contribution in [0.1, 0.15) is 11.3 Å². The number of nitrogens with zero attached hydrogens (tertiary/aromatic N) is 1. The fourth-order valence-corrected chi connectivity index (χ4v) is 2.12. The number of hydrogen-bond donors (Lipinski definition) is 1. The van der Waals surface area contributed by atoms with E-state index < -0.39 is 0 Å². The number of benzene rings is 1. The highest BCUT2D eigenvalue weighted by atomic mass is 79.9. The molecule has 84 valence electrons. The molecule has 0 aliphatic carbocycles. The van der Waals surface area contributed by atoms with Crippen molar-refractivity contribution in [2.24, 2.45) is 0 Å². The Hall–Kier alpha value is -1.00. The SMILES string of the molecule is Cc1cc(NCc2ccc(Cl)cc2Br)no1. The molecule has 2 rings (SSSR count). The van der Waals surface area contributed by atoms with Crippen molar-refractivity contribution in [3.63, 3.8) is 0 Å². The van der Waals surface area contributed by atoms with Crippen molar-refractivity contribution in [2.75, 3.05) is 5.32 Å². The van der Waals surface area contributed by atoms with E-state index in [0.717, 1.165) is 21.6 Å². The first-order valence-electron chi connectivity index (χ1n) is 4.76. The molecule has 1 N–H and O–H groups in total. The van der Waals surface area contributed by atoms with Crippen LogP contribution in [0.15, 0.2) is 33.3 Å². The van der Waals surface area contributed by atoms with E-state index >= 15 is 0 Å². The summed E-state index contributed by atoms with van der Waals surface area (Å²) >= 11 is 9.32. The first-order chi connectivity index (χ1) is 7.65. The summed E-state index contributed by atoms with van der Waals surface area (Å²) in [5, 5.41) is 7.73. The molecule has 0 aliphatic rings. The van der Waals surface area contributed by atoms with Crippen LogP contribution in [0.25, 0.3) is 0 Å². The summed E-state index contributed by atoms with van der Waals surface area (Å²) in [5.41, 5.74) is 1.12. The molecule has 1 heterocycles. The zero-order valence-electron chi connectivity index (χ0n) is 8.63. The summed E-state index contributed by atoms with van der Waals surface area (Å²) in [4.78, 5) is 0. The van der Waals surface area contributed by atoms with Gasteiger partial charge >= 0.3 is 0 Å². The standard InChI is InChI=1S/C11H10BrClN2O/c1-7-4-11(15-16-7)14-6-8-2-3-9(13)5-10(8)12/h2-5H,6H2,1H3,(H,14,15). The highest BCUT2D eigenvalue weighted by molar-refractivity contribution is 9.10. The fraction of sp³-hybridized carbons (Fsp3) is 0.182. The van der Waals surface area contributed by atoms with Crippen molar-refractivity contribution in [2.45, 2.75) is 13.5 Å². The van der Waals surface area contributed by atoms with Crippen LogP contribution in [0.2, 0.25) is 5.02 Å². The predicted octanol–water partition coefficient (Wildman–Crippen LogP) is 4.01. The van der Waals surface area contributed by atoms with Crippen LogP contribution in [0.4, 0.5) is 5.82 Å². The smallest absolute Gasteiger partial charge is 0.169 e. The van der Waals surface area contributed by atoms with E-state index in [1.54, 1.807) is 0 Å². The maximum Gasteiger partial charge on any atom is 0.169 e. The summed E-state index contributed by atoms with van der Waals surface area (Å²) in [6.07, 6.45) is 0. The molecule has 0 saturated carbocycles. The molecule has 1 aromatic heterocycles. The largest absolute Gasteiger partial charge is 0.363 e. The van der Waals surface area contributed by atoms with E-state index in [4.69, 9.17) is 16.1 Å². The van der Waals surface area contributed by atoms with Crippen LogP contribution < -0.4 is 5.32 Å². The Morgan fingerprint density at radius 1 is 1.44 bits per heavy atom. The molecule has 0 unspecified atom stereocenters. The Bertz CT molecular complexity index is 498. The van der Waals surface area contributed by atoms with Gasteiger partial charge in [0.05, 0.1) is 0 Å². The lowest BCUT2D eigenvalue weighted by atomic mass is 10.2. The number of anilines is 1. The third-order valence-electron chi connectivity index (χ3n) is 2.10. The van der Waals surface area contributed by atoms with Crippen molar-refractivity contribution in [1.29, 1.82) is 0 Å². The third-order valence-corrected chi connectivity index (χ3v) is 3.08. The number of aryl methyl sites for hydroxylation is 1. The second-order valence-corrected chi connectivity index (χ2v) is 4.70. The zero-order valence-corrected chi connectivity index (χ0v) is 11.0. The molecule has 0 amide bonds. The van der Waals surface area contributed by atoms with Gasteiger partial charge in [0.15, 0.2) is 5.82 Å². The van der Waals surface area contributed by atoms with Gasteiger partial charge in [-0.15, -0.1) is 0 Å². The molecule has 0 bridgehead atoms. The van der Waals surface area contributed by atoms with E-state index in [1.165, 1.54) is 0 Å². The summed E-state index contributed by atoms with van der Waals surface area (Å²) in [6.45, 7) is 2.53. The second-order valence-electron chi connectivity index (χ2n) is 3.41. The minimum atomic E-state index is 0.670. The van der Waals surface area contributed by atoms with Crippen LogP contribution in [-0.4, -0.2) is 5.16 Å². The normalized spacial score (nSPS) is 10.4. The lowest BCUT2D eigenvalue weighted by Gasteiger charge is -2.05. The van der Waals surface area contributed by atoms with E-state index in [9.17, 15) is 0 Å². The molecule has 0 atom stereocenters. The van der Waals surface area contributed by atoms with Gasteiger partial charge in [-0.25, -0.2) is 0 Å². The number of halogens is 2. The summed E-state index contributed by atoms with van der Waals surface area (Å²) in [5.74, 6) is 1.53. The van der Waals surface area contributed by atoms with Gasteiger partial charge < -0.3 is 9.84 Å². The fourth-order valence-electron chi connectivity index (χ4n) is 1.30. The molecule has 16 heavy (non-hydrogen) atoms. The highest BCUT2D eigenvalue weighted by Crippen LogP contribution is 2.22. The van der Waals surface area contributed by atoms with Crippen molar-refractivity contribution in [3.8, 4) is 0 Å². The van der Waals surface area contributed by atoms with Crippen LogP contribution in [-0.2, 0) is 6.54 Å². The second kappa shape index (κ2) is 4.89. The molecule has 0 saturated heterocycles. The molecule has 1 aromatic carbocycles. The molecule has 0 fully saturated rings. The van der Waals surface area contributed by atoms with Gasteiger partial charge in [0.2, 0.25) is 0 Å². The van der Waals surface area contributed by atoms with Gasteiger partial charge in [0.1, 0.15) is 5.76 Å². The number of hydrogen-bond acceptors (Lipinski definition) is 3. The lowest BCUT2D eigenvalue weighted by Crippen LogP contribution is -2.00. The van der Waals surface area contributed by atoms with Crippen molar-refractivity contribution < 1.29 is 4.52 Å². The number of nitrogens with one attached hydrogen (secondary N) is 1. The molecule has 2 aromatic rings. The van der Waals surface area contributed by atoms with E-state index in [1.807, 2.05) is 31.2 Å². The molecule has 3 nitrogen and oxygen atoms in total. The maximum absolute atomic E-state index is 5.86. The van der Waals surface area contributed by atoms with Crippen LogP contribution in [0.5, 0.6) is 0 Å². The van der Waals surface area contributed by atoms with Crippen molar-refractivity contribution in [3.05, 3.63) is 45.1 Å². The average molecular weight is 302 g/mol. The topological polar surface area (TPSA) is 38.1 Å². The Morgan fingerprint density at radius 2 is 2.25 bits per heavy atom. The van der Waals surface area contributed by atoms with Gasteiger partial charge in [-0.1, -0.05) is 38.8 Å². The Morgan fingerprint density at radius 3 is 2.88 bits per heavy atom.